The molecule has 0 saturated heterocycles. The predicted octanol–water partition coefficient (Wildman–Crippen LogP) is 7.45. The van der Waals surface area contributed by atoms with Gasteiger partial charge >= 0.3 is 0 Å². The number of carbonyl (C=O) groups is 3. The lowest BCUT2D eigenvalue weighted by Gasteiger charge is -2.10. The van der Waals surface area contributed by atoms with E-state index in [4.69, 9.17) is 11.6 Å². The van der Waals surface area contributed by atoms with Crippen molar-refractivity contribution < 1.29 is 14.4 Å². The molecule has 36 heavy (non-hydrogen) atoms. The molecule has 0 atom stereocenters. The third-order valence-corrected chi connectivity index (χ3v) is 6.01. The molecule has 6 nitrogen and oxygen atoms in total. The van der Waals surface area contributed by atoms with Crippen LogP contribution in [0.25, 0.3) is 0 Å². The summed E-state index contributed by atoms with van der Waals surface area (Å²) in [6, 6.07) is 18.7. The highest BCUT2D eigenvalue weighted by molar-refractivity contribution is 6.30. The Labute approximate surface area is 217 Å². The SMILES string of the molecule is CCCCCCCC(=O)Nc1ccc(C(=O)Nc2ccc(C(=O)Nc3ccc(Cl)cc3C)cc2)cc1. The number of hydrogen-bond donors (Lipinski definition) is 3. The summed E-state index contributed by atoms with van der Waals surface area (Å²) in [7, 11) is 0. The molecule has 0 bridgehead atoms. The second-order valence-electron chi connectivity index (χ2n) is 8.73. The van der Waals surface area contributed by atoms with Crippen molar-refractivity contribution in [3.05, 3.63) is 88.4 Å². The first-order chi connectivity index (χ1) is 17.4. The summed E-state index contributed by atoms with van der Waals surface area (Å²) >= 11 is 5.97. The zero-order chi connectivity index (χ0) is 25.9. The fourth-order valence-electron chi connectivity index (χ4n) is 3.69. The smallest absolute Gasteiger partial charge is 0.255 e. The van der Waals surface area contributed by atoms with Gasteiger partial charge in [0.2, 0.25) is 5.91 Å². The minimum atomic E-state index is -0.280. The lowest BCUT2D eigenvalue weighted by molar-refractivity contribution is -0.116. The number of halogens is 1. The highest BCUT2D eigenvalue weighted by atomic mass is 35.5. The zero-order valence-electron chi connectivity index (χ0n) is 20.7. The molecule has 0 fully saturated rings. The summed E-state index contributed by atoms with van der Waals surface area (Å²) < 4.78 is 0. The number of carbonyl (C=O) groups excluding carboxylic acids is 3. The van der Waals surface area contributed by atoms with Crippen molar-refractivity contribution in [2.75, 3.05) is 16.0 Å². The van der Waals surface area contributed by atoms with Crippen LogP contribution in [0.1, 0.15) is 71.7 Å². The molecule has 0 radical (unpaired) electrons. The van der Waals surface area contributed by atoms with Crippen molar-refractivity contribution in [1.29, 1.82) is 0 Å². The summed E-state index contributed by atoms with van der Waals surface area (Å²) in [5.74, 6) is -0.547. The lowest BCUT2D eigenvalue weighted by Crippen LogP contribution is -2.14. The zero-order valence-corrected chi connectivity index (χ0v) is 21.5. The number of hydrogen-bond acceptors (Lipinski definition) is 3. The molecular weight excluding hydrogens is 474 g/mol. The van der Waals surface area contributed by atoms with Crippen molar-refractivity contribution in [2.24, 2.45) is 0 Å². The van der Waals surface area contributed by atoms with Gasteiger partial charge in [0.1, 0.15) is 0 Å². The van der Waals surface area contributed by atoms with E-state index in [0.717, 1.165) is 24.8 Å². The Morgan fingerprint density at radius 1 is 0.694 bits per heavy atom. The van der Waals surface area contributed by atoms with Gasteiger partial charge in [-0.15, -0.1) is 0 Å². The fraction of sp³-hybridized carbons (Fsp3) is 0.276. The quantitative estimate of drug-likeness (QED) is 0.236. The maximum Gasteiger partial charge on any atom is 0.255 e. The molecule has 0 unspecified atom stereocenters. The van der Waals surface area contributed by atoms with E-state index >= 15 is 0 Å². The monoisotopic (exact) mass is 505 g/mol. The van der Waals surface area contributed by atoms with Crippen LogP contribution in [0, 0.1) is 6.92 Å². The van der Waals surface area contributed by atoms with Gasteiger partial charge in [-0.05, 0) is 85.6 Å². The van der Waals surface area contributed by atoms with E-state index in [1.165, 1.54) is 12.8 Å². The van der Waals surface area contributed by atoms with E-state index in [-0.39, 0.29) is 17.7 Å². The predicted molar refractivity (Wildman–Crippen MR) is 147 cm³/mol. The van der Waals surface area contributed by atoms with Crippen molar-refractivity contribution in [1.82, 2.24) is 0 Å². The van der Waals surface area contributed by atoms with Gasteiger partial charge < -0.3 is 16.0 Å². The Bertz CT molecular complexity index is 1190. The van der Waals surface area contributed by atoms with Crippen LogP contribution in [0.2, 0.25) is 5.02 Å². The maximum absolute atomic E-state index is 12.6. The van der Waals surface area contributed by atoms with Crippen LogP contribution in [0.15, 0.2) is 66.7 Å². The van der Waals surface area contributed by atoms with E-state index in [2.05, 4.69) is 22.9 Å². The van der Waals surface area contributed by atoms with E-state index in [9.17, 15) is 14.4 Å². The Morgan fingerprint density at radius 3 is 1.83 bits per heavy atom. The van der Waals surface area contributed by atoms with Crippen LogP contribution >= 0.6 is 11.6 Å². The molecule has 0 aliphatic rings. The number of benzene rings is 3. The summed E-state index contributed by atoms with van der Waals surface area (Å²) in [6.45, 7) is 4.04. The number of nitrogens with one attached hydrogen (secondary N) is 3. The number of unbranched alkanes of at least 4 members (excludes halogenated alkanes) is 4. The van der Waals surface area contributed by atoms with Crippen LogP contribution in [0.5, 0.6) is 0 Å². The van der Waals surface area contributed by atoms with Crippen molar-refractivity contribution >= 4 is 46.4 Å². The van der Waals surface area contributed by atoms with Gasteiger partial charge in [-0.2, -0.15) is 0 Å². The van der Waals surface area contributed by atoms with Gasteiger partial charge in [0.15, 0.2) is 0 Å². The summed E-state index contributed by atoms with van der Waals surface area (Å²) in [4.78, 5) is 37.3. The number of anilines is 3. The molecule has 0 aliphatic heterocycles. The normalized spacial score (nSPS) is 10.5. The molecule has 188 valence electrons. The summed E-state index contributed by atoms with van der Waals surface area (Å²) in [5.41, 5.74) is 3.72. The molecule has 0 heterocycles. The summed E-state index contributed by atoms with van der Waals surface area (Å²) in [5, 5.41) is 9.17. The molecule has 0 saturated carbocycles. The minimum absolute atomic E-state index is 0.0148. The first kappa shape index (κ1) is 27.0. The Kier molecular flexibility index (Phi) is 10.1. The van der Waals surface area contributed by atoms with Gasteiger partial charge in [0.25, 0.3) is 11.8 Å². The number of amides is 3. The molecule has 3 amide bonds. The Hall–Kier alpha value is -3.64. The molecular formula is C29H32ClN3O3. The molecule has 0 aromatic heterocycles. The van der Waals surface area contributed by atoms with E-state index in [1.807, 2.05) is 6.92 Å². The average molecular weight is 506 g/mol. The minimum Gasteiger partial charge on any atom is -0.326 e. The standard InChI is InChI=1S/C29H32ClN3O3/c1-3-4-5-6-7-8-27(34)31-24-14-9-21(10-15-24)28(35)32-25-16-11-22(12-17-25)29(36)33-26-18-13-23(30)19-20(26)2/h9-19H,3-8H2,1-2H3,(H,31,34)(H,32,35)(H,33,36). The molecule has 0 spiro atoms. The number of aryl methyl sites for hydroxylation is 1. The largest absolute Gasteiger partial charge is 0.326 e. The fourth-order valence-corrected chi connectivity index (χ4v) is 3.91. The topological polar surface area (TPSA) is 87.3 Å². The van der Waals surface area contributed by atoms with Gasteiger partial charge in [-0.25, -0.2) is 0 Å². The molecule has 7 heteroatoms. The van der Waals surface area contributed by atoms with Crippen molar-refractivity contribution in [3.8, 4) is 0 Å². The van der Waals surface area contributed by atoms with Crippen molar-refractivity contribution in [3.63, 3.8) is 0 Å². The van der Waals surface area contributed by atoms with E-state index in [0.29, 0.717) is 39.6 Å². The third-order valence-electron chi connectivity index (χ3n) is 5.78. The average Bonchev–Trinajstić information content (AvgIpc) is 2.86. The molecule has 3 aromatic carbocycles. The first-order valence-corrected chi connectivity index (χ1v) is 12.6. The highest BCUT2D eigenvalue weighted by Crippen LogP contribution is 2.21. The molecule has 3 rings (SSSR count). The van der Waals surface area contributed by atoms with Crippen LogP contribution in [0.3, 0.4) is 0 Å². The van der Waals surface area contributed by atoms with E-state index < -0.39 is 0 Å². The van der Waals surface area contributed by atoms with Crippen LogP contribution in [-0.2, 0) is 4.79 Å². The third kappa shape index (κ3) is 8.24. The molecule has 3 aromatic rings. The van der Waals surface area contributed by atoms with Crippen molar-refractivity contribution in [2.45, 2.75) is 52.4 Å². The first-order valence-electron chi connectivity index (χ1n) is 12.2. The van der Waals surface area contributed by atoms with Crippen LogP contribution in [-0.4, -0.2) is 17.7 Å². The van der Waals surface area contributed by atoms with Gasteiger partial charge in [-0.3, -0.25) is 14.4 Å². The maximum atomic E-state index is 12.6. The van der Waals surface area contributed by atoms with Gasteiger partial charge in [0.05, 0.1) is 0 Å². The number of rotatable bonds is 11. The molecule has 3 N–H and O–H groups in total. The second kappa shape index (κ2) is 13.4. The van der Waals surface area contributed by atoms with Gasteiger partial charge in [-0.1, -0.05) is 44.2 Å². The molecule has 0 aliphatic carbocycles. The Balaban J connectivity index is 1.49. The summed E-state index contributed by atoms with van der Waals surface area (Å²) in [6.07, 6.45) is 5.99. The second-order valence-corrected chi connectivity index (χ2v) is 9.17. The lowest BCUT2D eigenvalue weighted by atomic mass is 10.1. The van der Waals surface area contributed by atoms with Crippen LogP contribution in [0.4, 0.5) is 17.1 Å². The Morgan fingerprint density at radius 2 is 1.25 bits per heavy atom. The van der Waals surface area contributed by atoms with Gasteiger partial charge in [0, 0.05) is 39.6 Å². The van der Waals surface area contributed by atoms with Crippen LogP contribution < -0.4 is 16.0 Å². The van der Waals surface area contributed by atoms with E-state index in [1.54, 1.807) is 66.7 Å². The highest BCUT2D eigenvalue weighted by Gasteiger charge is 2.11.